The van der Waals surface area contributed by atoms with Gasteiger partial charge in [-0.1, -0.05) is 11.3 Å². The maximum atomic E-state index is 10.9. The van der Waals surface area contributed by atoms with Gasteiger partial charge in [-0.2, -0.15) is 0 Å². The number of hydrogen-bond acceptors (Lipinski definition) is 7. The Morgan fingerprint density at radius 1 is 1.08 bits per heavy atom. The highest BCUT2D eigenvalue weighted by atomic mass is 32.1. The van der Waals surface area contributed by atoms with E-state index in [0.717, 1.165) is 10.4 Å². The van der Waals surface area contributed by atoms with Crippen LogP contribution in [0.1, 0.15) is 14.5 Å². The first-order valence-electron chi connectivity index (χ1n) is 7.65. The van der Waals surface area contributed by atoms with Crippen LogP contribution in [0.2, 0.25) is 0 Å². The highest BCUT2D eigenvalue weighted by Crippen LogP contribution is 2.20. The van der Waals surface area contributed by atoms with Crippen molar-refractivity contribution in [3.8, 4) is 22.8 Å². The lowest BCUT2D eigenvalue weighted by Gasteiger charge is -1.99. The molecule has 0 aliphatic heterocycles. The Morgan fingerprint density at radius 3 is 2.62 bits per heavy atom. The molecule has 0 amide bonds. The molecule has 0 aromatic carbocycles. The zero-order chi connectivity index (χ0) is 17.9. The van der Waals surface area contributed by atoms with Crippen LogP contribution in [0.15, 0.2) is 55.1 Å². The van der Waals surface area contributed by atoms with Gasteiger partial charge in [0.2, 0.25) is 0 Å². The number of carboxylic acid groups (broad SMARTS) is 1. The number of rotatable bonds is 5. The van der Waals surface area contributed by atoms with Crippen LogP contribution in [-0.4, -0.2) is 41.0 Å². The fourth-order valence-electron chi connectivity index (χ4n) is 2.33. The molecule has 0 atom stereocenters. The highest BCUT2D eigenvalue weighted by molar-refractivity contribution is 7.13. The summed E-state index contributed by atoms with van der Waals surface area (Å²) in [5.74, 6) is -0.382. The Hall–Kier alpha value is -3.46. The summed E-state index contributed by atoms with van der Waals surface area (Å²) in [4.78, 5) is 25.0. The minimum Gasteiger partial charge on any atom is -0.477 e. The average molecular weight is 364 g/mol. The van der Waals surface area contributed by atoms with Crippen LogP contribution in [0.25, 0.3) is 22.8 Å². The number of aromatic nitrogens is 6. The van der Waals surface area contributed by atoms with Crippen molar-refractivity contribution >= 4 is 17.3 Å². The molecule has 4 heterocycles. The zero-order valence-corrected chi connectivity index (χ0v) is 14.2. The highest BCUT2D eigenvalue weighted by Gasteiger charge is 2.10. The molecule has 0 saturated carbocycles. The third kappa shape index (κ3) is 3.33. The standard InChI is InChI=1S/C17H12N6O2S/c24-17(25)15-5-4-12(26-15)9-23-10-14(21-22-23)11-7-19-16(20-8-11)13-3-1-2-6-18-13/h1-8,10H,9H2,(H,24,25). The van der Waals surface area contributed by atoms with Gasteiger partial charge in [-0.3, -0.25) is 4.98 Å². The second-order valence-electron chi connectivity index (χ2n) is 5.38. The second-order valence-corrected chi connectivity index (χ2v) is 6.55. The first-order chi connectivity index (χ1) is 12.7. The largest absolute Gasteiger partial charge is 0.477 e. The van der Waals surface area contributed by atoms with Gasteiger partial charge in [0.15, 0.2) is 5.82 Å². The monoisotopic (exact) mass is 364 g/mol. The van der Waals surface area contributed by atoms with E-state index in [1.165, 1.54) is 11.3 Å². The minimum absolute atomic E-state index is 0.304. The molecule has 0 saturated heterocycles. The Morgan fingerprint density at radius 2 is 1.92 bits per heavy atom. The molecular formula is C17H12N6O2S. The van der Waals surface area contributed by atoms with Gasteiger partial charge < -0.3 is 5.11 Å². The molecule has 1 N–H and O–H groups in total. The van der Waals surface area contributed by atoms with Crippen molar-refractivity contribution in [3.63, 3.8) is 0 Å². The molecule has 8 nitrogen and oxygen atoms in total. The van der Waals surface area contributed by atoms with Gasteiger partial charge in [-0.25, -0.2) is 19.4 Å². The summed E-state index contributed by atoms with van der Waals surface area (Å²) >= 11 is 1.22. The van der Waals surface area contributed by atoms with E-state index in [9.17, 15) is 4.79 Å². The summed E-state index contributed by atoms with van der Waals surface area (Å²) in [6.45, 7) is 0.456. The van der Waals surface area contributed by atoms with Gasteiger partial charge in [0.1, 0.15) is 16.3 Å². The van der Waals surface area contributed by atoms with Crippen LogP contribution in [0.3, 0.4) is 0 Å². The lowest BCUT2D eigenvalue weighted by atomic mass is 10.2. The third-order valence-corrected chi connectivity index (χ3v) is 4.63. The molecule has 0 aliphatic carbocycles. The molecule has 4 rings (SSSR count). The fraction of sp³-hybridized carbons (Fsp3) is 0.0588. The molecule has 0 fully saturated rings. The summed E-state index contributed by atoms with van der Waals surface area (Å²) in [5, 5.41) is 17.2. The molecule has 26 heavy (non-hydrogen) atoms. The average Bonchev–Trinajstić information content (AvgIpc) is 3.33. The van der Waals surface area contributed by atoms with Crippen molar-refractivity contribution in [1.29, 1.82) is 0 Å². The quantitative estimate of drug-likeness (QED) is 0.580. The van der Waals surface area contributed by atoms with E-state index in [-0.39, 0.29) is 0 Å². The molecule has 0 radical (unpaired) electrons. The maximum Gasteiger partial charge on any atom is 0.345 e. The molecule has 0 unspecified atom stereocenters. The Balaban J connectivity index is 1.51. The lowest BCUT2D eigenvalue weighted by Crippen LogP contribution is -1.98. The summed E-state index contributed by atoms with van der Waals surface area (Å²) in [6.07, 6.45) is 6.83. The Bertz CT molecular complexity index is 1040. The van der Waals surface area contributed by atoms with Gasteiger partial charge in [-0.05, 0) is 24.3 Å². The number of thiophene rings is 1. The number of aromatic carboxylic acids is 1. The van der Waals surface area contributed by atoms with Crippen LogP contribution in [-0.2, 0) is 6.54 Å². The first kappa shape index (κ1) is 16.0. The van der Waals surface area contributed by atoms with Gasteiger partial charge in [0.05, 0.1) is 12.7 Å². The predicted molar refractivity (Wildman–Crippen MR) is 94.7 cm³/mol. The molecule has 0 bridgehead atoms. The molecule has 128 valence electrons. The molecular weight excluding hydrogens is 352 g/mol. The molecule has 9 heteroatoms. The van der Waals surface area contributed by atoms with Crippen LogP contribution in [0, 0.1) is 0 Å². The minimum atomic E-state index is -0.925. The van der Waals surface area contributed by atoms with E-state index in [2.05, 4.69) is 25.3 Å². The lowest BCUT2D eigenvalue weighted by molar-refractivity contribution is 0.0702. The van der Waals surface area contributed by atoms with E-state index in [0.29, 0.717) is 28.6 Å². The van der Waals surface area contributed by atoms with Crippen LogP contribution >= 0.6 is 11.3 Å². The number of carbonyl (C=O) groups is 1. The van der Waals surface area contributed by atoms with Crippen molar-refractivity contribution in [3.05, 3.63) is 64.9 Å². The first-order valence-corrected chi connectivity index (χ1v) is 8.46. The third-order valence-electron chi connectivity index (χ3n) is 3.57. The van der Waals surface area contributed by atoms with E-state index >= 15 is 0 Å². The number of pyridine rings is 1. The van der Waals surface area contributed by atoms with Crippen molar-refractivity contribution in [2.45, 2.75) is 6.54 Å². The summed E-state index contributed by atoms with van der Waals surface area (Å²) in [7, 11) is 0. The van der Waals surface area contributed by atoms with Crippen LogP contribution in [0.5, 0.6) is 0 Å². The van der Waals surface area contributed by atoms with Crippen LogP contribution < -0.4 is 0 Å². The van der Waals surface area contributed by atoms with E-state index in [1.54, 1.807) is 41.6 Å². The summed E-state index contributed by atoms with van der Waals surface area (Å²) < 4.78 is 1.65. The molecule has 0 spiro atoms. The van der Waals surface area contributed by atoms with Crippen molar-refractivity contribution in [2.75, 3.05) is 0 Å². The van der Waals surface area contributed by atoms with E-state index < -0.39 is 5.97 Å². The van der Waals surface area contributed by atoms with E-state index in [4.69, 9.17) is 5.11 Å². The zero-order valence-electron chi connectivity index (χ0n) is 13.4. The fourth-order valence-corrected chi connectivity index (χ4v) is 3.17. The molecule has 4 aromatic rings. The van der Waals surface area contributed by atoms with Gasteiger partial charge in [0.25, 0.3) is 0 Å². The number of nitrogens with zero attached hydrogens (tertiary/aromatic N) is 6. The SMILES string of the molecule is O=C(O)c1ccc(Cn2cc(-c3cnc(-c4ccccn4)nc3)nn2)s1. The van der Waals surface area contributed by atoms with Crippen molar-refractivity contribution in [1.82, 2.24) is 29.9 Å². The summed E-state index contributed by atoms with van der Waals surface area (Å²) in [5.41, 5.74) is 2.09. The number of carboxylic acids is 1. The molecule has 4 aromatic heterocycles. The van der Waals surface area contributed by atoms with Gasteiger partial charge in [-0.15, -0.1) is 16.4 Å². The van der Waals surface area contributed by atoms with Crippen molar-refractivity contribution < 1.29 is 9.90 Å². The molecule has 0 aliphatic rings. The summed E-state index contributed by atoms with van der Waals surface area (Å²) in [6, 6.07) is 8.93. The number of hydrogen-bond donors (Lipinski definition) is 1. The topological polar surface area (TPSA) is 107 Å². The van der Waals surface area contributed by atoms with Gasteiger partial charge >= 0.3 is 5.97 Å². The predicted octanol–water partition coefficient (Wildman–Crippen LogP) is 2.61. The van der Waals surface area contributed by atoms with Gasteiger partial charge in [0, 0.05) is 29.0 Å². The second kappa shape index (κ2) is 6.81. The van der Waals surface area contributed by atoms with E-state index in [1.807, 2.05) is 18.2 Å². The Kier molecular flexibility index (Phi) is 4.20. The van der Waals surface area contributed by atoms with Crippen LogP contribution in [0.4, 0.5) is 0 Å². The van der Waals surface area contributed by atoms with Crippen molar-refractivity contribution in [2.24, 2.45) is 0 Å². The maximum absolute atomic E-state index is 10.9. The Labute approximate surface area is 151 Å². The normalized spacial score (nSPS) is 10.8. The smallest absolute Gasteiger partial charge is 0.345 e.